The molecule has 0 aliphatic heterocycles. The van der Waals surface area contributed by atoms with Crippen LogP contribution in [0.4, 0.5) is 0 Å². The van der Waals surface area contributed by atoms with Gasteiger partial charge in [-0.15, -0.1) is 0 Å². The first kappa shape index (κ1) is 31.5. The van der Waals surface area contributed by atoms with Crippen LogP contribution in [0.3, 0.4) is 0 Å². The van der Waals surface area contributed by atoms with Gasteiger partial charge in [-0.1, -0.05) is 66.4 Å². The quantitative estimate of drug-likeness (QED) is 0.116. The molecule has 0 heterocycles. The van der Waals surface area contributed by atoms with E-state index in [9.17, 15) is 9.59 Å². The fraction of sp³-hybridized carbons (Fsp3) is 0.821. The van der Waals surface area contributed by atoms with E-state index in [-0.39, 0.29) is 23.8 Å². The summed E-state index contributed by atoms with van der Waals surface area (Å²) >= 11 is 0. The number of unbranched alkanes of at least 4 members (excludes halogenated alkanes) is 4. The minimum atomic E-state index is -0.219. The Morgan fingerprint density at radius 2 is 1.61 bits per heavy atom. The lowest BCUT2D eigenvalue weighted by Crippen LogP contribution is -2.46. The summed E-state index contributed by atoms with van der Waals surface area (Å²) < 4.78 is 6.12. The molecule has 0 aliphatic rings. The van der Waals surface area contributed by atoms with Gasteiger partial charge in [0.25, 0.3) is 0 Å². The van der Waals surface area contributed by atoms with Gasteiger partial charge < -0.3 is 9.64 Å². The number of carbonyl (C=O) groups is 2. The molecule has 1 amide bonds. The van der Waals surface area contributed by atoms with Gasteiger partial charge in [0.15, 0.2) is 5.78 Å². The van der Waals surface area contributed by atoms with E-state index >= 15 is 0 Å². The van der Waals surface area contributed by atoms with Gasteiger partial charge in [0.05, 0.1) is 6.10 Å². The smallest absolute Gasteiger partial charge is 0.222 e. The number of Topliss-reactive ketones (excluding diaryl/α,β-unsaturated/α-hetero) is 1. The molecular formula is C28H52N2O3. The number of rotatable bonds is 19. The highest BCUT2D eigenvalue weighted by Crippen LogP contribution is 2.22. The van der Waals surface area contributed by atoms with Crippen molar-refractivity contribution < 1.29 is 14.3 Å². The van der Waals surface area contributed by atoms with Gasteiger partial charge in [0, 0.05) is 37.7 Å². The first-order valence-corrected chi connectivity index (χ1v) is 13.4. The lowest BCUT2D eigenvalue weighted by Gasteiger charge is -2.37. The van der Waals surface area contributed by atoms with Crippen molar-refractivity contribution in [3.05, 3.63) is 11.8 Å². The fourth-order valence-electron chi connectivity index (χ4n) is 4.10. The molecule has 0 N–H and O–H groups in total. The van der Waals surface area contributed by atoms with Gasteiger partial charge >= 0.3 is 0 Å². The average Bonchev–Trinajstić information content (AvgIpc) is 2.78. The molecule has 0 bridgehead atoms. The highest BCUT2D eigenvalue weighted by atomic mass is 16.5. The summed E-state index contributed by atoms with van der Waals surface area (Å²) in [6, 6.07) is 0.0816. The van der Waals surface area contributed by atoms with Crippen LogP contribution in [0.5, 0.6) is 0 Å². The van der Waals surface area contributed by atoms with Crippen LogP contribution in [0.2, 0.25) is 0 Å². The van der Waals surface area contributed by atoms with E-state index in [2.05, 4.69) is 37.6 Å². The number of carbonyl (C=O) groups excluding carboxylic acids is 2. The number of allylic oxidation sites excluding steroid dienone is 2. The van der Waals surface area contributed by atoms with E-state index in [4.69, 9.17) is 4.74 Å². The van der Waals surface area contributed by atoms with Gasteiger partial charge in [-0.3, -0.25) is 14.6 Å². The van der Waals surface area contributed by atoms with Crippen molar-refractivity contribution in [2.45, 2.75) is 132 Å². The standard InChI is InChI=1S/C28H52N2O3/c1-9-14-16-17-20-30(28(32)19-15-10-2)25(22(6)7)21-27(33-13-5)23(8)29-24(12-4)26(31)18-11-3/h12,22,25,27H,9-11,13-21H2,1-8H3/b24-12-,29-23?. The van der Waals surface area contributed by atoms with Crippen LogP contribution < -0.4 is 0 Å². The van der Waals surface area contributed by atoms with Crippen molar-refractivity contribution in [3.8, 4) is 0 Å². The van der Waals surface area contributed by atoms with E-state index in [1.165, 1.54) is 12.8 Å². The van der Waals surface area contributed by atoms with E-state index in [1.54, 1.807) is 6.08 Å². The SMILES string of the molecule is C/C=C(\N=C(C)C(CC(C(C)C)N(CCCCCC)C(=O)CCCC)OCC)C(=O)CCC. The molecule has 192 valence electrons. The predicted octanol–water partition coefficient (Wildman–Crippen LogP) is 7.14. The molecular weight excluding hydrogens is 412 g/mol. The normalized spacial score (nSPS) is 14.5. The second kappa shape index (κ2) is 18.9. The minimum absolute atomic E-state index is 0.0716. The highest BCUT2D eigenvalue weighted by Gasteiger charge is 2.30. The Balaban J connectivity index is 5.79. The topological polar surface area (TPSA) is 59.0 Å². The van der Waals surface area contributed by atoms with Crippen LogP contribution in [0.25, 0.3) is 0 Å². The monoisotopic (exact) mass is 464 g/mol. The molecule has 0 spiro atoms. The van der Waals surface area contributed by atoms with Crippen LogP contribution in [0.15, 0.2) is 16.8 Å². The van der Waals surface area contributed by atoms with Crippen LogP contribution >= 0.6 is 0 Å². The minimum Gasteiger partial charge on any atom is -0.372 e. The molecule has 0 aromatic heterocycles. The Hall–Kier alpha value is -1.49. The maximum absolute atomic E-state index is 13.2. The van der Waals surface area contributed by atoms with E-state index < -0.39 is 0 Å². The molecule has 0 saturated heterocycles. The molecule has 0 aliphatic carbocycles. The molecule has 0 aromatic rings. The maximum Gasteiger partial charge on any atom is 0.222 e. The summed E-state index contributed by atoms with van der Waals surface area (Å²) in [6.45, 7) is 17.9. The molecule has 5 heteroatoms. The first-order chi connectivity index (χ1) is 15.8. The lowest BCUT2D eigenvalue weighted by atomic mass is 9.93. The Labute approximate surface area is 204 Å². The van der Waals surface area contributed by atoms with Crippen LogP contribution in [0.1, 0.15) is 120 Å². The summed E-state index contributed by atoms with van der Waals surface area (Å²) in [7, 11) is 0. The summed E-state index contributed by atoms with van der Waals surface area (Å²) in [5.41, 5.74) is 1.32. The number of hydrogen-bond acceptors (Lipinski definition) is 4. The van der Waals surface area contributed by atoms with Crippen molar-refractivity contribution in [3.63, 3.8) is 0 Å². The third kappa shape index (κ3) is 12.5. The largest absolute Gasteiger partial charge is 0.372 e. The molecule has 0 fully saturated rings. The molecule has 0 aromatic carbocycles. The average molecular weight is 465 g/mol. The van der Waals surface area contributed by atoms with Crippen molar-refractivity contribution in [1.29, 1.82) is 0 Å². The Morgan fingerprint density at radius 1 is 0.939 bits per heavy atom. The number of ether oxygens (including phenoxy) is 1. The van der Waals surface area contributed by atoms with Crippen molar-refractivity contribution in [2.24, 2.45) is 10.9 Å². The van der Waals surface area contributed by atoms with E-state index in [1.807, 2.05) is 27.7 Å². The van der Waals surface area contributed by atoms with E-state index in [0.29, 0.717) is 37.5 Å². The summed E-state index contributed by atoms with van der Waals surface area (Å²) in [5, 5.41) is 0. The molecule has 33 heavy (non-hydrogen) atoms. The Morgan fingerprint density at radius 3 is 2.12 bits per heavy atom. The molecule has 0 rings (SSSR count). The summed E-state index contributed by atoms with van der Waals surface area (Å²) in [4.78, 5) is 32.4. The second-order valence-corrected chi connectivity index (χ2v) is 9.34. The third-order valence-corrected chi connectivity index (χ3v) is 6.11. The molecule has 2 unspecified atom stereocenters. The lowest BCUT2D eigenvalue weighted by molar-refractivity contribution is -0.135. The highest BCUT2D eigenvalue weighted by molar-refractivity contribution is 5.99. The second-order valence-electron chi connectivity index (χ2n) is 9.34. The van der Waals surface area contributed by atoms with Gasteiger partial charge in [0.2, 0.25) is 5.91 Å². The molecule has 0 saturated carbocycles. The zero-order chi connectivity index (χ0) is 25.2. The van der Waals surface area contributed by atoms with Crippen LogP contribution in [0, 0.1) is 5.92 Å². The van der Waals surface area contributed by atoms with Gasteiger partial charge in [-0.25, -0.2) is 0 Å². The van der Waals surface area contributed by atoms with Crippen molar-refractivity contribution in [2.75, 3.05) is 13.2 Å². The van der Waals surface area contributed by atoms with Gasteiger partial charge in [0.1, 0.15) is 5.70 Å². The van der Waals surface area contributed by atoms with Crippen molar-refractivity contribution >= 4 is 17.4 Å². The number of ketones is 1. The predicted molar refractivity (Wildman–Crippen MR) is 141 cm³/mol. The van der Waals surface area contributed by atoms with E-state index in [0.717, 1.165) is 44.4 Å². The number of hydrogen-bond donors (Lipinski definition) is 0. The zero-order valence-corrected chi connectivity index (χ0v) is 22.9. The van der Waals surface area contributed by atoms with Gasteiger partial charge in [-0.05, 0) is 52.4 Å². The number of amides is 1. The summed E-state index contributed by atoms with van der Waals surface area (Å²) in [6.07, 6.45) is 10.7. The Kier molecular flexibility index (Phi) is 18.0. The maximum atomic E-state index is 13.2. The molecule has 5 nitrogen and oxygen atoms in total. The van der Waals surface area contributed by atoms with Crippen LogP contribution in [-0.4, -0.2) is 47.6 Å². The third-order valence-electron chi connectivity index (χ3n) is 6.11. The number of nitrogens with zero attached hydrogens (tertiary/aromatic N) is 2. The zero-order valence-electron chi connectivity index (χ0n) is 22.9. The van der Waals surface area contributed by atoms with Crippen LogP contribution in [-0.2, 0) is 14.3 Å². The van der Waals surface area contributed by atoms with Gasteiger partial charge in [-0.2, -0.15) is 0 Å². The number of aliphatic imine (C=N–C) groups is 1. The fourth-order valence-corrected chi connectivity index (χ4v) is 4.10. The molecule has 0 radical (unpaired) electrons. The first-order valence-electron chi connectivity index (χ1n) is 13.4. The molecule has 2 atom stereocenters. The summed E-state index contributed by atoms with van der Waals surface area (Å²) in [5.74, 6) is 0.631. The van der Waals surface area contributed by atoms with Crippen molar-refractivity contribution in [1.82, 2.24) is 4.90 Å². The Bertz CT molecular complexity index is 610.